The van der Waals surface area contributed by atoms with Gasteiger partial charge < -0.3 is 16.4 Å². The Balaban J connectivity index is 0.00000288. The Morgan fingerprint density at radius 1 is 0.917 bits per heavy atom. The summed E-state index contributed by atoms with van der Waals surface area (Å²) in [7, 11) is 0. The van der Waals surface area contributed by atoms with Gasteiger partial charge in [-0.3, -0.25) is 9.79 Å². The quantitative estimate of drug-likeness (QED) is 0.268. The molecule has 2 aromatic carbocycles. The van der Waals surface area contributed by atoms with Crippen LogP contribution in [0.4, 0.5) is 0 Å². The van der Waals surface area contributed by atoms with E-state index in [-0.39, 0.29) is 29.9 Å². The van der Waals surface area contributed by atoms with Gasteiger partial charge >= 0.3 is 0 Å². The zero-order chi connectivity index (χ0) is 16.3. The molecule has 0 aliphatic rings. The summed E-state index contributed by atoms with van der Waals surface area (Å²) in [6.07, 6.45) is 0.855. The van der Waals surface area contributed by atoms with Crippen LogP contribution in [0.25, 0.3) is 0 Å². The minimum atomic E-state index is -0.0908. The molecule has 0 fully saturated rings. The van der Waals surface area contributed by atoms with Crippen molar-refractivity contribution in [1.29, 1.82) is 0 Å². The monoisotopic (exact) mass is 438 g/mol. The molecule has 0 heterocycles. The van der Waals surface area contributed by atoms with E-state index < -0.39 is 0 Å². The summed E-state index contributed by atoms with van der Waals surface area (Å²) in [5.74, 6) is 0.307. The van der Waals surface area contributed by atoms with Crippen LogP contribution in [0.1, 0.15) is 15.9 Å². The number of benzene rings is 2. The lowest BCUT2D eigenvalue weighted by Crippen LogP contribution is -2.38. The molecule has 128 valence electrons. The highest BCUT2D eigenvalue weighted by Crippen LogP contribution is 1.99. The molecule has 2 rings (SSSR count). The van der Waals surface area contributed by atoms with Crippen LogP contribution in [0.5, 0.6) is 0 Å². The predicted octanol–water partition coefficient (Wildman–Crippen LogP) is 2.18. The first-order valence-electron chi connectivity index (χ1n) is 7.66. The number of amides is 1. The van der Waals surface area contributed by atoms with E-state index in [0.717, 1.165) is 6.42 Å². The van der Waals surface area contributed by atoms with E-state index in [1.54, 1.807) is 12.1 Å². The van der Waals surface area contributed by atoms with E-state index in [4.69, 9.17) is 5.73 Å². The van der Waals surface area contributed by atoms with Crippen LogP contribution in [0.2, 0.25) is 0 Å². The largest absolute Gasteiger partial charge is 0.370 e. The van der Waals surface area contributed by atoms with Gasteiger partial charge in [0.1, 0.15) is 0 Å². The van der Waals surface area contributed by atoms with Gasteiger partial charge in [0.25, 0.3) is 5.91 Å². The molecule has 4 N–H and O–H groups in total. The maximum Gasteiger partial charge on any atom is 0.251 e. The van der Waals surface area contributed by atoms with E-state index in [1.165, 1.54) is 5.56 Å². The standard InChI is InChI=1S/C18H22N4O.HI/c19-18(21-12-11-15-7-3-1-4-8-15)22-14-13-20-17(23)16-9-5-2-6-10-16;/h1-10H,11-14H2,(H,20,23)(H3,19,21,22);1H. The average molecular weight is 438 g/mol. The first-order chi connectivity index (χ1) is 11.3. The number of nitrogens with two attached hydrogens (primary N) is 1. The van der Waals surface area contributed by atoms with Gasteiger partial charge in [-0.15, -0.1) is 24.0 Å². The minimum absolute atomic E-state index is 0. The van der Waals surface area contributed by atoms with E-state index in [2.05, 4.69) is 27.8 Å². The van der Waals surface area contributed by atoms with E-state index >= 15 is 0 Å². The minimum Gasteiger partial charge on any atom is -0.370 e. The van der Waals surface area contributed by atoms with Crippen LogP contribution in [-0.4, -0.2) is 31.5 Å². The summed E-state index contributed by atoms with van der Waals surface area (Å²) in [5.41, 5.74) is 7.68. The summed E-state index contributed by atoms with van der Waals surface area (Å²) < 4.78 is 0. The van der Waals surface area contributed by atoms with Crippen molar-refractivity contribution in [2.45, 2.75) is 6.42 Å². The smallest absolute Gasteiger partial charge is 0.251 e. The number of hydrogen-bond acceptors (Lipinski definition) is 2. The summed E-state index contributed by atoms with van der Waals surface area (Å²) >= 11 is 0. The van der Waals surface area contributed by atoms with Gasteiger partial charge in [-0.2, -0.15) is 0 Å². The Kier molecular flexibility index (Phi) is 9.52. The SMILES string of the molecule is I.NC(=NCCc1ccccc1)NCCNC(=O)c1ccccc1. The fraction of sp³-hybridized carbons (Fsp3) is 0.222. The normalized spacial score (nSPS) is 10.6. The number of carbonyl (C=O) groups excluding carboxylic acids is 1. The molecule has 0 aliphatic heterocycles. The topological polar surface area (TPSA) is 79.5 Å². The Hall–Kier alpha value is -2.09. The maximum atomic E-state index is 11.8. The molecule has 2 aromatic rings. The molecule has 0 saturated carbocycles. The van der Waals surface area contributed by atoms with Crippen molar-refractivity contribution in [1.82, 2.24) is 10.6 Å². The summed E-state index contributed by atoms with van der Waals surface area (Å²) in [4.78, 5) is 16.1. The number of guanidine groups is 1. The Morgan fingerprint density at radius 3 is 2.17 bits per heavy atom. The number of hydrogen-bond donors (Lipinski definition) is 3. The highest BCUT2D eigenvalue weighted by atomic mass is 127. The third-order valence-corrected chi connectivity index (χ3v) is 3.28. The molecular formula is C18H23IN4O. The summed E-state index contributed by atoms with van der Waals surface area (Å²) in [6.45, 7) is 1.67. The number of aliphatic imine (C=N–C) groups is 1. The Labute approximate surface area is 159 Å². The van der Waals surface area contributed by atoms with Crippen LogP contribution in [0.15, 0.2) is 65.7 Å². The highest BCUT2D eigenvalue weighted by Gasteiger charge is 2.02. The number of nitrogens with zero attached hydrogens (tertiary/aromatic N) is 1. The number of nitrogens with one attached hydrogen (secondary N) is 2. The number of halogens is 1. The second kappa shape index (κ2) is 11.4. The van der Waals surface area contributed by atoms with Crippen LogP contribution in [0, 0.1) is 0 Å². The second-order valence-electron chi connectivity index (χ2n) is 5.05. The van der Waals surface area contributed by atoms with Gasteiger partial charge in [-0.1, -0.05) is 48.5 Å². The van der Waals surface area contributed by atoms with Crippen molar-refractivity contribution < 1.29 is 4.79 Å². The van der Waals surface area contributed by atoms with Crippen molar-refractivity contribution in [3.05, 3.63) is 71.8 Å². The third-order valence-electron chi connectivity index (χ3n) is 3.28. The van der Waals surface area contributed by atoms with Gasteiger partial charge in [-0.25, -0.2) is 0 Å². The van der Waals surface area contributed by atoms with Crippen molar-refractivity contribution in [3.63, 3.8) is 0 Å². The number of rotatable bonds is 7. The Morgan fingerprint density at radius 2 is 1.50 bits per heavy atom. The first kappa shape index (κ1) is 20.0. The van der Waals surface area contributed by atoms with Gasteiger partial charge in [0.2, 0.25) is 0 Å². The molecule has 0 aromatic heterocycles. The maximum absolute atomic E-state index is 11.8. The summed E-state index contributed by atoms with van der Waals surface area (Å²) in [6, 6.07) is 19.3. The molecule has 0 unspecified atom stereocenters. The zero-order valence-corrected chi connectivity index (χ0v) is 15.8. The third kappa shape index (κ3) is 7.45. The molecule has 1 amide bonds. The average Bonchev–Trinajstić information content (AvgIpc) is 2.60. The Bertz CT molecular complexity index is 632. The van der Waals surface area contributed by atoms with Gasteiger partial charge in [-0.05, 0) is 24.1 Å². The van der Waals surface area contributed by atoms with Gasteiger partial charge in [0.15, 0.2) is 5.96 Å². The number of carbonyl (C=O) groups is 1. The van der Waals surface area contributed by atoms with E-state index in [1.807, 2.05) is 36.4 Å². The zero-order valence-electron chi connectivity index (χ0n) is 13.4. The predicted molar refractivity (Wildman–Crippen MR) is 109 cm³/mol. The van der Waals surface area contributed by atoms with Crippen molar-refractivity contribution in [3.8, 4) is 0 Å². The molecule has 24 heavy (non-hydrogen) atoms. The fourth-order valence-corrected chi connectivity index (χ4v) is 2.06. The molecule has 0 atom stereocenters. The van der Waals surface area contributed by atoms with E-state index in [9.17, 15) is 4.79 Å². The van der Waals surface area contributed by atoms with Gasteiger partial charge in [0, 0.05) is 25.2 Å². The molecule has 6 heteroatoms. The fourth-order valence-electron chi connectivity index (χ4n) is 2.06. The van der Waals surface area contributed by atoms with Crippen LogP contribution in [-0.2, 0) is 6.42 Å². The molecular weight excluding hydrogens is 415 g/mol. The first-order valence-corrected chi connectivity index (χ1v) is 7.66. The van der Waals surface area contributed by atoms with E-state index in [0.29, 0.717) is 31.2 Å². The second-order valence-corrected chi connectivity index (χ2v) is 5.05. The molecule has 0 aliphatic carbocycles. The van der Waals surface area contributed by atoms with Crippen molar-refractivity contribution in [2.75, 3.05) is 19.6 Å². The van der Waals surface area contributed by atoms with Crippen LogP contribution >= 0.6 is 24.0 Å². The van der Waals surface area contributed by atoms with Crippen molar-refractivity contribution >= 4 is 35.8 Å². The van der Waals surface area contributed by atoms with Crippen molar-refractivity contribution in [2.24, 2.45) is 10.7 Å². The molecule has 0 spiro atoms. The highest BCUT2D eigenvalue weighted by molar-refractivity contribution is 14.0. The van der Waals surface area contributed by atoms with Gasteiger partial charge in [0.05, 0.1) is 0 Å². The summed E-state index contributed by atoms with van der Waals surface area (Å²) in [5, 5.41) is 5.81. The molecule has 0 bridgehead atoms. The lowest BCUT2D eigenvalue weighted by Gasteiger charge is -2.07. The van der Waals surface area contributed by atoms with Crippen LogP contribution in [0.3, 0.4) is 0 Å². The molecule has 0 radical (unpaired) electrons. The molecule has 0 saturated heterocycles. The lowest BCUT2D eigenvalue weighted by atomic mass is 10.2. The molecule has 5 nitrogen and oxygen atoms in total. The van der Waals surface area contributed by atoms with Crippen LogP contribution < -0.4 is 16.4 Å². The lowest BCUT2D eigenvalue weighted by molar-refractivity contribution is 0.0954.